The molecule has 0 aliphatic heterocycles. The molecule has 4 aromatic heterocycles. The molecule has 0 saturated heterocycles. The number of nitriles is 1. The van der Waals surface area contributed by atoms with Crippen LogP contribution in [0.1, 0.15) is 49.7 Å². The number of H-pyrrole nitrogens is 2. The lowest BCUT2D eigenvalue weighted by Crippen LogP contribution is -2.20. The lowest BCUT2D eigenvalue weighted by molar-refractivity contribution is 0.278. The second-order valence-corrected chi connectivity index (χ2v) is 7.43. The standard InChI is InChI=1S/C20H21N7/c21-8-5-13-1-3-15(4-2-13)27-18(11-14-6-10-24-26-14)25-17-12-23-20-16(19(17)27)7-9-22-20/h6-7,9-10,12-13,15H,1-5,11H2,(H,22,23)(H,24,26)/t13-,15-. The van der Waals surface area contributed by atoms with Crippen molar-refractivity contribution in [3.63, 3.8) is 0 Å². The Balaban J connectivity index is 1.61. The summed E-state index contributed by atoms with van der Waals surface area (Å²) in [5.74, 6) is 1.58. The minimum Gasteiger partial charge on any atom is -0.346 e. The molecule has 1 saturated carbocycles. The summed E-state index contributed by atoms with van der Waals surface area (Å²) < 4.78 is 2.43. The predicted molar refractivity (Wildman–Crippen MR) is 102 cm³/mol. The third-order valence-electron chi connectivity index (χ3n) is 5.78. The molecule has 1 aliphatic carbocycles. The van der Waals surface area contributed by atoms with Crippen molar-refractivity contribution in [3.8, 4) is 6.07 Å². The molecule has 0 radical (unpaired) electrons. The number of pyridine rings is 1. The van der Waals surface area contributed by atoms with Crippen molar-refractivity contribution in [2.24, 2.45) is 5.92 Å². The smallest absolute Gasteiger partial charge is 0.139 e. The minimum atomic E-state index is 0.406. The summed E-state index contributed by atoms with van der Waals surface area (Å²) in [6.07, 6.45) is 11.3. The van der Waals surface area contributed by atoms with Crippen LogP contribution in [0.25, 0.3) is 22.1 Å². The number of rotatable bonds is 4. The topological polar surface area (TPSA) is 99.0 Å². The molecule has 0 unspecified atom stereocenters. The van der Waals surface area contributed by atoms with Gasteiger partial charge in [0.05, 0.1) is 17.8 Å². The van der Waals surface area contributed by atoms with Crippen molar-refractivity contribution in [1.82, 2.24) is 29.7 Å². The van der Waals surface area contributed by atoms with E-state index in [9.17, 15) is 0 Å². The Kier molecular flexibility index (Phi) is 3.89. The van der Waals surface area contributed by atoms with Gasteiger partial charge >= 0.3 is 0 Å². The van der Waals surface area contributed by atoms with Gasteiger partial charge in [0, 0.05) is 42.4 Å². The lowest BCUT2D eigenvalue weighted by atomic mass is 9.84. The summed E-state index contributed by atoms with van der Waals surface area (Å²) in [4.78, 5) is 12.7. The zero-order chi connectivity index (χ0) is 18.2. The Morgan fingerprint density at radius 3 is 2.89 bits per heavy atom. The summed E-state index contributed by atoms with van der Waals surface area (Å²) in [6, 6.07) is 6.83. The van der Waals surface area contributed by atoms with Gasteiger partial charge in [-0.3, -0.25) is 5.10 Å². The quantitative estimate of drug-likeness (QED) is 0.578. The Morgan fingerprint density at radius 1 is 1.22 bits per heavy atom. The monoisotopic (exact) mass is 359 g/mol. The SMILES string of the molecule is N#CC[C@H]1CC[C@H](n2c(Cc3ccn[nH]3)nc3cnc4[nH]ccc4c32)CC1. The average molecular weight is 359 g/mol. The van der Waals surface area contributed by atoms with E-state index in [0.29, 0.717) is 18.4 Å². The van der Waals surface area contributed by atoms with E-state index in [1.165, 1.54) is 5.52 Å². The first kappa shape index (κ1) is 16.1. The van der Waals surface area contributed by atoms with Gasteiger partial charge in [-0.1, -0.05) is 0 Å². The Labute approximate surface area is 156 Å². The van der Waals surface area contributed by atoms with E-state index in [4.69, 9.17) is 10.2 Å². The molecule has 0 aromatic carbocycles. The largest absolute Gasteiger partial charge is 0.346 e. The summed E-state index contributed by atoms with van der Waals surface area (Å²) in [7, 11) is 0. The van der Waals surface area contributed by atoms with Gasteiger partial charge in [-0.15, -0.1) is 0 Å². The van der Waals surface area contributed by atoms with Crippen LogP contribution in [-0.4, -0.2) is 29.7 Å². The first-order valence-corrected chi connectivity index (χ1v) is 9.51. The molecular weight excluding hydrogens is 338 g/mol. The molecule has 0 spiro atoms. The van der Waals surface area contributed by atoms with Crippen LogP contribution in [0.5, 0.6) is 0 Å². The van der Waals surface area contributed by atoms with E-state index in [2.05, 4.69) is 36.9 Å². The van der Waals surface area contributed by atoms with Crippen LogP contribution in [0.15, 0.2) is 30.7 Å². The predicted octanol–water partition coefficient (Wildman–Crippen LogP) is 3.87. The third-order valence-corrected chi connectivity index (χ3v) is 5.78. The van der Waals surface area contributed by atoms with Crippen molar-refractivity contribution >= 4 is 22.1 Å². The number of nitrogens with zero attached hydrogens (tertiary/aromatic N) is 5. The highest BCUT2D eigenvalue weighted by molar-refractivity contribution is 6.01. The van der Waals surface area contributed by atoms with Gasteiger partial charge in [0.15, 0.2) is 0 Å². The molecule has 0 amide bonds. The van der Waals surface area contributed by atoms with E-state index in [0.717, 1.165) is 60.2 Å². The Bertz CT molecular complexity index is 1100. The van der Waals surface area contributed by atoms with Crippen LogP contribution in [0.4, 0.5) is 0 Å². The van der Waals surface area contributed by atoms with E-state index >= 15 is 0 Å². The van der Waals surface area contributed by atoms with E-state index in [-0.39, 0.29) is 0 Å². The zero-order valence-corrected chi connectivity index (χ0v) is 15.0. The normalized spacial score (nSPS) is 20.3. The summed E-state index contributed by atoms with van der Waals surface area (Å²) >= 11 is 0. The minimum absolute atomic E-state index is 0.406. The van der Waals surface area contributed by atoms with Crippen LogP contribution >= 0.6 is 0 Å². The van der Waals surface area contributed by atoms with Gasteiger partial charge < -0.3 is 9.55 Å². The second-order valence-electron chi connectivity index (χ2n) is 7.43. The summed E-state index contributed by atoms with van der Waals surface area (Å²) in [6.45, 7) is 0. The van der Waals surface area contributed by atoms with Crippen LogP contribution in [-0.2, 0) is 6.42 Å². The van der Waals surface area contributed by atoms with Gasteiger partial charge in [-0.2, -0.15) is 10.4 Å². The van der Waals surface area contributed by atoms with Gasteiger partial charge in [0.2, 0.25) is 0 Å². The first-order valence-electron chi connectivity index (χ1n) is 9.51. The molecule has 27 heavy (non-hydrogen) atoms. The number of fused-ring (bicyclic) bond motifs is 3. The maximum absolute atomic E-state index is 9.01. The molecule has 0 bridgehead atoms. The maximum Gasteiger partial charge on any atom is 0.139 e. The molecule has 7 nitrogen and oxygen atoms in total. The Morgan fingerprint density at radius 2 is 2.11 bits per heavy atom. The number of aromatic amines is 2. The first-order chi connectivity index (χ1) is 13.3. The average Bonchev–Trinajstić information content (AvgIpc) is 3.41. The molecule has 136 valence electrons. The molecule has 1 aliphatic rings. The Hall–Kier alpha value is -3.14. The molecule has 7 heteroatoms. The highest BCUT2D eigenvalue weighted by Crippen LogP contribution is 2.38. The van der Waals surface area contributed by atoms with Crippen LogP contribution < -0.4 is 0 Å². The number of imidazole rings is 1. The van der Waals surface area contributed by atoms with E-state index < -0.39 is 0 Å². The number of hydrogen-bond acceptors (Lipinski definition) is 4. The summed E-state index contributed by atoms with van der Waals surface area (Å²) in [5, 5.41) is 17.3. The van der Waals surface area contributed by atoms with Gasteiger partial charge in [0.25, 0.3) is 0 Å². The lowest BCUT2D eigenvalue weighted by Gasteiger charge is -2.30. The van der Waals surface area contributed by atoms with E-state index in [1.807, 2.05) is 18.5 Å². The van der Waals surface area contributed by atoms with Gasteiger partial charge in [0.1, 0.15) is 17.0 Å². The van der Waals surface area contributed by atoms with Crippen LogP contribution in [0.2, 0.25) is 0 Å². The van der Waals surface area contributed by atoms with Gasteiger partial charge in [-0.25, -0.2) is 9.97 Å². The molecule has 0 atom stereocenters. The van der Waals surface area contributed by atoms with Crippen molar-refractivity contribution in [2.75, 3.05) is 0 Å². The van der Waals surface area contributed by atoms with E-state index in [1.54, 1.807) is 6.20 Å². The number of aromatic nitrogens is 6. The van der Waals surface area contributed by atoms with Crippen molar-refractivity contribution in [3.05, 3.63) is 42.2 Å². The number of hydrogen-bond donors (Lipinski definition) is 2. The van der Waals surface area contributed by atoms with Crippen LogP contribution in [0, 0.1) is 17.2 Å². The van der Waals surface area contributed by atoms with Crippen molar-refractivity contribution in [2.45, 2.75) is 44.6 Å². The molecule has 4 aromatic rings. The second kappa shape index (κ2) is 6.54. The number of nitrogens with one attached hydrogen (secondary N) is 2. The van der Waals surface area contributed by atoms with Crippen molar-refractivity contribution < 1.29 is 0 Å². The molecular formula is C20H21N7. The fourth-order valence-electron chi connectivity index (χ4n) is 4.45. The highest BCUT2D eigenvalue weighted by Gasteiger charge is 2.27. The van der Waals surface area contributed by atoms with Crippen LogP contribution in [0.3, 0.4) is 0 Å². The van der Waals surface area contributed by atoms with Crippen molar-refractivity contribution in [1.29, 1.82) is 5.26 Å². The molecule has 5 rings (SSSR count). The maximum atomic E-state index is 9.01. The zero-order valence-electron chi connectivity index (χ0n) is 15.0. The molecule has 1 fully saturated rings. The fourth-order valence-corrected chi connectivity index (χ4v) is 4.45. The summed E-state index contributed by atoms with van der Waals surface area (Å²) in [5.41, 5.74) is 4.06. The molecule has 2 N–H and O–H groups in total. The fraction of sp³-hybridized carbons (Fsp3) is 0.400. The molecule has 4 heterocycles. The highest BCUT2D eigenvalue weighted by atomic mass is 15.1. The van der Waals surface area contributed by atoms with Gasteiger partial charge in [-0.05, 0) is 43.7 Å². The third kappa shape index (κ3) is 2.78.